The second-order valence-corrected chi connectivity index (χ2v) is 6.04. The van der Waals surface area contributed by atoms with E-state index in [1.807, 2.05) is 18.2 Å². The van der Waals surface area contributed by atoms with Crippen molar-refractivity contribution in [3.05, 3.63) is 23.8 Å². The van der Waals surface area contributed by atoms with E-state index >= 15 is 0 Å². The van der Waals surface area contributed by atoms with E-state index in [2.05, 4.69) is 12.2 Å². The summed E-state index contributed by atoms with van der Waals surface area (Å²) in [7, 11) is 1.66. The summed E-state index contributed by atoms with van der Waals surface area (Å²) in [5.74, 6) is 0.820. The molecule has 0 bridgehead atoms. The molecule has 0 amide bonds. The van der Waals surface area contributed by atoms with Gasteiger partial charge in [-0.3, -0.25) is 0 Å². The minimum absolute atomic E-state index is 0.472. The van der Waals surface area contributed by atoms with Gasteiger partial charge in [0.25, 0.3) is 0 Å². The predicted molar refractivity (Wildman–Crippen MR) is 80.3 cm³/mol. The van der Waals surface area contributed by atoms with Crippen LogP contribution in [-0.2, 0) is 6.54 Å². The second kappa shape index (κ2) is 6.29. The van der Waals surface area contributed by atoms with E-state index in [-0.39, 0.29) is 0 Å². The quantitative estimate of drug-likeness (QED) is 0.800. The maximum Gasteiger partial charge on any atom is 0.120 e. The van der Waals surface area contributed by atoms with Crippen molar-refractivity contribution in [1.82, 2.24) is 5.32 Å². The highest BCUT2D eigenvalue weighted by molar-refractivity contribution is 5.51. The molecule has 2 rings (SSSR count). The van der Waals surface area contributed by atoms with E-state index in [0.717, 1.165) is 30.1 Å². The average Bonchev–Trinajstić information content (AvgIpc) is 2.41. The van der Waals surface area contributed by atoms with Gasteiger partial charge in [0.1, 0.15) is 5.75 Å². The highest BCUT2D eigenvalue weighted by Gasteiger charge is 2.25. The number of benzene rings is 1. The first kappa shape index (κ1) is 14.2. The van der Waals surface area contributed by atoms with Crippen molar-refractivity contribution in [3.63, 3.8) is 0 Å². The van der Waals surface area contributed by atoms with Gasteiger partial charge in [0.2, 0.25) is 0 Å². The summed E-state index contributed by atoms with van der Waals surface area (Å²) in [5.41, 5.74) is 8.46. The topological polar surface area (TPSA) is 47.3 Å². The Balaban J connectivity index is 1.85. The SMILES string of the molecule is COc1ccc(CNCC2(C)CCCCC2)c(N)c1. The highest BCUT2D eigenvalue weighted by atomic mass is 16.5. The Morgan fingerprint density at radius 1 is 1.26 bits per heavy atom. The molecule has 0 aliphatic heterocycles. The summed E-state index contributed by atoms with van der Waals surface area (Å²) in [6.07, 6.45) is 6.85. The number of hydrogen-bond donors (Lipinski definition) is 2. The maximum absolute atomic E-state index is 6.03. The zero-order valence-corrected chi connectivity index (χ0v) is 12.2. The number of nitrogens with one attached hydrogen (secondary N) is 1. The summed E-state index contributed by atoms with van der Waals surface area (Å²) in [6, 6.07) is 5.90. The summed E-state index contributed by atoms with van der Waals surface area (Å²) in [6.45, 7) is 4.32. The van der Waals surface area contributed by atoms with Crippen LogP contribution in [0.4, 0.5) is 5.69 Å². The van der Waals surface area contributed by atoms with Crippen LogP contribution >= 0.6 is 0 Å². The molecule has 3 nitrogen and oxygen atoms in total. The summed E-state index contributed by atoms with van der Waals surface area (Å²) >= 11 is 0. The molecule has 0 radical (unpaired) electrons. The largest absolute Gasteiger partial charge is 0.497 e. The van der Waals surface area contributed by atoms with Crippen molar-refractivity contribution in [2.75, 3.05) is 19.4 Å². The molecule has 0 unspecified atom stereocenters. The number of methoxy groups -OCH3 is 1. The van der Waals surface area contributed by atoms with Crippen molar-refractivity contribution in [3.8, 4) is 5.75 Å². The fraction of sp³-hybridized carbons (Fsp3) is 0.625. The van der Waals surface area contributed by atoms with Crippen LogP contribution < -0.4 is 15.8 Å². The van der Waals surface area contributed by atoms with Crippen LogP contribution in [0, 0.1) is 5.41 Å². The van der Waals surface area contributed by atoms with Gasteiger partial charge in [0.05, 0.1) is 7.11 Å². The van der Waals surface area contributed by atoms with Crippen molar-refractivity contribution in [1.29, 1.82) is 0 Å². The number of hydrogen-bond acceptors (Lipinski definition) is 3. The predicted octanol–water partition coefficient (Wildman–Crippen LogP) is 3.34. The van der Waals surface area contributed by atoms with Gasteiger partial charge in [0.15, 0.2) is 0 Å². The molecule has 106 valence electrons. The zero-order valence-electron chi connectivity index (χ0n) is 12.2. The van der Waals surface area contributed by atoms with Crippen molar-refractivity contribution < 1.29 is 4.74 Å². The lowest BCUT2D eigenvalue weighted by Gasteiger charge is -2.33. The third-order valence-corrected chi connectivity index (χ3v) is 4.28. The van der Waals surface area contributed by atoms with E-state index in [1.54, 1.807) is 7.11 Å². The van der Waals surface area contributed by atoms with Crippen LogP contribution in [0.15, 0.2) is 18.2 Å². The maximum atomic E-state index is 6.03. The van der Waals surface area contributed by atoms with Gasteiger partial charge in [-0.25, -0.2) is 0 Å². The summed E-state index contributed by atoms with van der Waals surface area (Å²) in [4.78, 5) is 0. The molecule has 1 aliphatic carbocycles. The molecule has 0 aromatic heterocycles. The molecule has 19 heavy (non-hydrogen) atoms. The Hall–Kier alpha value is -1.22. The Bertz CT molecular complexity index is 411. The van der Waals surface area contributed by atoms with E-state index in [4.69, 9.17) is 10.5 Å². The monoisotopic (exact) mass is 262 g/mol. The van der Waals surface area contributed by atoms with E-state index < -0.39 is 0 Å². The number of nitrogens with two attached hydrogens (primary N) is 1. The molecule has 0 heterocycles. The zero-order chi connectivity index (χ0) is 13.7. The normalized spacial score (nSPS) is 18.2. The summed E-state index contributed by atoms with van der Waals surface area (Å²) in [5, 5.41) is 3.57. The van der Waals surface area contributed by atoms with Gasteiger partial charge in [-0.15, -0.1) is 0 Å². The van der Waals surface area contributed by atoms with E-state index in [9.17, 15) is 0 Å². The second-order valence-electron chi connectivity index (χ2n) is 6.04. The molecule has 0 saturated heterocycles. The number of anilines is 1. The molecular weight excluding hydrogens is 236 g/mol. The molecule has 1 aromatic carbocycles. The highest BCUT2D eigenvalue weighted by Crippen LogP contribution is 2.35. The van der Waals surface area contributed by atoms with Crippen LogP contribution in [-0.4, -0.2) is 13.7 Å². The molecule has 1 saturated carbocycles. The van der Waals surface area contributed by atoms with Crippen LogP contribution in [0.1, 0.15) is 44.6 Å². The molecule has 0 atom stereocenters. The molecule has 1 aromatic rings. The van der Waals surface area contributed by atoms with Crippen LogP contribution in [0.25, 0.3) is 0 Å². The Morgan fingerprint density at radius 3 is 2.63 bits per heavy atom. The van der Waals surface area contributed by atoms with Gasteiger partial charge in [-0.05, 0) is 29.9 Å². The lowest BCUT2D eigenvalue weighted by molar-refractivity contribution is 0.207. The number of nitrogen functional groups attached to an aromatic ring is 1. The van der Waals surface area contributed by atoms with Gasteiger partial charge >= 0.3 is 0 Å². The van der Waals surface area contributed by atoms with Crippen molar-refractivity contribution in [2.24, 2.45) is 5.41 Å². The number of ether oxygens (including phenoxy) is 1. The average molecular weight is 262 g/mol. The van der Waals surface area contributed by atoms with Gasteiger partial charge in [-0.1, -0.05) is 32.3 Å². The fourth-order valence-corrected chi connectivity index (χ4v) is 2.94. The lowest BCUT2D eigenvalue weighted by Crippen LogP contribution is -2.33. The standard InChI is InChI=1S/C16H26N2O/c1-16(8-4-3-5-9-16)12-18-11-13-6-7-14(19-2)10-15(13)17/h6-7,10,18H,3-5,8-9,11-12,17H2,1-2H3. The first-order valence-electron chi connectivity index (χ1n) is 7.26. The molecule has 1 aliphatic rings. The fourth-order valence-electron chi connectivity index (χ4n) is 2.94. The minimum atomic E-state index is 0.472. The Labute approximate surface area is 116 Å². The van der Waals surface area contributed by atoms with Crippen LogP contribution in [0.2, 0.25) is 0 Å². The van der Waals surface area contributed by atoms with Crippen molar-refractivity contribution >= 4 is 5.69 Å². The molecule has 0 spiro atoms. The van der Waals surface area contributed by atoms with Gasteiger partial charge < -0.3 is 15.8 Å². The smallest absolute Gasteiger partial charge is 0.120 e. The van der Waals surface area contributed by atoms with E-state index in [0.29, 0.717) is 5.41 Å². The summed E-state index contributed by atoms with van der Waals surface area (Å²) < 4.78 is 5.17. The third-order valence-electron chi connectivity index (χ3n) is 4.28. The van der Waals surface area contributed by atoms with Crippen LogP contribution in [0.5, 0.6) is 5.75 Å². The molecular formula is C16H26N2O. The molecule has 3 N–H and O–H groups in total. The van der Waals surface area contributed by atoms with E-state index in [1.165, 1.54) is 32.1 Å². The number of rotatable bonds is 5. The molecule has 1 fully saturated rings. The molecule has 3 heteroatoms. The lowest BCUT2D eigenvalue weighted by atomic mass is 9.76. The van der Waals surface area contributed by atoms with Gasteiger partial charge in [-0.2, -0.15) is 0 Å². The third kappa shape index (κ3) is 3.87. The first-order chi connectivity index (χ1) is 9.13. The minimum Gasteiger partial charge on any atom is -0.497 e. The first-order valence-corrected chi connectivity index (χ1v) is 7.26. The van der Waals surface area contributed by atoms with Crippen LogP contribution in [0.3, 0.4) is 0 Å². The Kier molecular flexibility index (Phi) is 4.70. The van der Waals surface area contributed by atoms with Crippen molar-refractivity contribution in [2.45, 2.75) is 45.6 Å². The Morgan fingerprint density at radius 2 is 2.00 bits per heavy atom. The van der Waals surface area contributed by atoms with Gasteiger partial charge in [0, 0.05) is 24.8 Å².